The van der Waals surface area contributed by atoms with E-state index in [4.69, 9.17) is 14.2 Å². The highest BCUT2D eigenvalue weighted by atomic mass is 16.5. The average Bonchev–Trinajstić information content (AvgIpc) is 2.55. The molecule has 2 aromatic rings. The second-order valence-corrected chi connectivity index (χ2v) is 4.32. The van der Waals surface area contributed by atoms with Crippen molar-refractivity contribution in [2.75, 3.05) is 14.2 Å². The standard InChI is InChI=1S/C17H16O5/c1-20-13-9-6-10-14(21-2)16(13)22-15(17(18)19)11-12-7-4-3-5-8-12/h3-11H,1-2H3,(H,18,19). The Labute approximate surface area is 128 Å². The summed E-state index contributed by atoms with van der Waals surface area (Å²) in [6.45, 7) is 0. The Hall–Kier alpha value is -2.95. The molecule has 5 heteroatoms. The van der Waals surface area contributed by atoms with Gasteiger partial charge >= 0.3 is 5.97 Å². The van der Waals surface area contributed by atoms with Gasteiger partial charge in [-0.25, -0.2) is 4.79 Å². The van der Waals surface area contributed by atoms with Gasteiger partial charge in [-0.1, -0.05) is 36.4 Å². The van der Waals surface area contributed by atoms with Gasteiger partial charge in [0.1, 0.15) is 0 Å². The molecule has 0 aromatic heterocycles. The highest BCUT2D eigenvalue weighted by Crippen LogP contribution is 2.38. The van der Waals surface area contributed by atoms with Crippen LogP contribution in [0.4, 0.5) is 0 Å². The Morgan fingerprint density at radius 2 is 1.55 bits per heavy atom. The van der Waals surface area contributed by atoms with Crippen LogP contribution in [-0.2, 0) is 4.79 Å². The molecule has 0 fully saturated rings. The lowest BCUT2D eigenvalue weighted by molar-refractivity contribution is -0.134. The minimum Gasteiger partial charge on any atom is -0.493 e. The van der Waals surface area contributed by atoms with E-state index in [1.165, 1.54) is 20.3 Å². The van der Waals surface area contributed by atoms with Crippen molar-refractivity contribution in [3.63, 3.8) is 0 Å². The van der Waals surface area contributed by atoms with Crippen molar-refractivity contribution in [2.24, 2.45) is 0 Å². The Bertz CT molecular complexity index is 654. The number of hydrogen-bond acceptors (Lipinski definition) is 4. The van der Waals surface area contributed by atoms with E-state index in [2.05, 4.69) is 0 Å². The van der Waals surface area contributed by atoms with Gasteiger partial charge in [0.15, 0.2) is 11.5 Å². The summed E-state index contributed by atoms with van der Waals surface area (Å²) in [6, 6.07) is 14.1. The number of carbonyl (C=O) groups is 1. The third kappa shape index (κ3) is 3.58. The highest BCUT2D eigenvalue weighted by Gasteiger charge is 2.17. The molecule has 22 heavy (non-hydrogen) atoms. The molecule has 0 spiro atoms. The Morgan fingerprint density at radius 1 is 0.955 bits per heavy atom. The third-order valence-corrected chi connectivity index (χ3v) is 2.90. The van der Waals surface area contributed by atoms with Crippen LogP contribution in [0, 0.1) is 0 Å². The summed E-state index contributed by atoms with van der Waals surface area (Å²) < 4.78 is 15.9. The smallest absolute Gasteiger partial charge is 0.371 e. The molecule has 2 rings (SSSR count). The van der Waals surface area contributed by atoms with E-state index in [1.807, 2.05) is 18.2 Å². The fourth-order valence-electron chi connectivity index (χ4n) is 1.86. The van der Waals surface area contributed by atoms with E-state index in [0.29, 0.717) is 17.1 Å². The molecule has 0 aliphatic carbocycles. The van der Waals surface area contributed by atoms with E-state index in [1.54, 1.807) is 30.3 Å². The number of ether oxygens (including phenoxy) is 3. The van der Waals surface area contributed by atoms with Gasteiger partial charge in [0.05, 0.1) is 14.2 Å². The van der Waals surface area contributed by atoms with E-state index >= 15 is 0 Å². The summed E-state index contributed by atoms with van der Waals surface area (Å²) in [7, 11) is 2.95. The highest BCUT2D eigenvalue weighted by molar-refractivity contribution is 5.90. The van der Waals surface area contributed by atoms with Crippen LogP contribution >= 0.6 is 0 Å². The number of carboxylic acid groups (broad SMARTS) is 1. The summed E-state index contributed by atoms with van der Waals surface area (Å²) in [6.07, 6.45) is 1.44. The fourth-order valence-corrected chi connectivity index (χ4v) is 1.86. The number of hydrogen-bond donors (Lipinski definition) is 1. The molecule has 0 atom stereocenters. The molecule has 114 valence electrons. The number of carboxylic acids is 1. The number of methoxy groups -OCH3 is 2. The SMILES string of the molecule is COc1cccc(OC)c1OC(=Cc1ccccc1)C(=O)O. The van der Waals surface area contributed by atoms with Crippen molar-refractivity contribution in [1.82, 2.24) is 0 Å². The zero-order valence-electron chi connectivity index (χ0n) is 12.3. The first-order chi connectivity index (χ1) is 10.7. The van der Waals surface area contributed by atoms with Gasteiger partial charge < -0.3 is 19.3 Å². The van der Waals surface area contributed by atoms with Crippen LogP contribution in [0.25, 0.3) is 6.08 Å². The van der Waals surface area contributed by atoms with Crippen molar-refractivity contribution < 1.29 is 24.1 Å². The van der Waals surface area contributed by atoms with Crippen molar-refractivity contribution in [1.29, 1.82) is 0 Å². The Morgan fingerprint density at radius 3 is 2.05 bits per heavy atom. The average molecular weight is 300 g/mol. The van der Waals surface area contributed by atoms with Gasteiger partial charge in [0.2, 0.25) is 11.5 Å². The molecular weight excluding hydrogens is 284 g/mol. The van der Waals surface area contributed by atoms with Crippen LogP contribution in [0.3, 0.4) is 0 Å². The van der Waals surface area contributed by atoms with Crippen molar-refractivity contribution in [3.8, 4) is 17.2 Å². The maximum Gasteiger partial charge on any atom is 0.371 e. The molecule has 0 aliphatic heterocycles. The fraction of sp³-hybridized carbons (Fsp3) is 0.118. The molecule has 0 saturated heterocycles. The lowest BCUT2D eigenvalue weighted by Crippen LogP contribution is -2.09. The maximum absolute atomic E-state index is 11.4. The predicted octanol–water partition coefficient (Wildman–Crippen LogP) is 3.21. The first-order valence-electron chi connectivity index (χ1n) is 6.54. The van der Waals surface area contributed by atoms with Gasteiger partial charge in [0, 0.05) is 0 Å². The van der Waals surface area contributed by atoms with Crippen LogP contribution in [0.15, 0.2) is 54.3 Å². The summed E-state index contributed by atoms with van der Waals surface area (Å²) >= 11 is 0. The summed E-state index contributed by atoms with van der Waals surface area (Å²) in [4.78, 5) is 11.4. The molecule has 2 aromatic carbocycles. The zero-order valence-corrected chi connectivity index (χ0v) is 12.3. The topological polar surface area (TPSA) is 65.0 Å². The second kappa shape index (κ2) is 7.17. The Balaban J connectivity index is 2.41. The van der Waals surface area contributed by atoms with Gasteiger partial charge in [-0.2, -0.15) is 0 Å². The largest absolute Gasteiger partial charge is 0.493 e. The molecule has 0 bridgehead atoms. The normalized spacial score (nSPS) is 10.9. The van der Waals surface area contributed by atoms with Crippen LogP contribution in [0.1, 0.15) is 5.56 Å². The molecule has 0 unspecified atom stereocenters. The molecule has 0 heterocycles. The van der Waals surface area contributed by atoms with Crippen LogP contribution < -0.4 is 14.2 Å². The monoisotopic (exact) mass is 300 g/mol. The Kier molecular flexibility index (Phi) is 5.03. The molecule has 1 N–H and O–H groups in total. The molecule has 0 amide bonds. The van der Waals surface area contributed by atoms with Crippen molar-refractivity contribution in [3.05, 3.63) is 59.9 Å². The minimum atomic E-state index is -1.18. The summed E-state index contributed by atoms with van der Waals surface area (Å²) in [5.74, 6) is -0.415. The quantitative estimate of drug-likeness (QED) is 0.655. The van der Waals surface area contributed by atoms with Gasteiger partial charge in [-0.15, -0.1) is 0 Å². The molecule has 0 aliphatic rings. The van der Waals surface area contributed by atoms with Gasteiger partial charge in [0.25, 0.3) is 0 Å². The number of aliphatic carboxylic acids is 1. The number of benzene rings is 2. The lowest BCUT2D eigenvalue weighted by Gasteiger charge is -2.14. The summed E-state index contributed by atoms with van der Waals surface area (Å²) in [5, 5.41) is 9.35. The molecule has 0 saturated carbocycles. The first-order valence-corrected chi connectivity index (χ1v) is 6.54. The van der Waals surface area contributed by atoms with Crippen LogP contribution in [0.2, 0.25) is 0 Å². The summed E-state index contributed by atoms with van der Waals surface area (Å²) in [5.41, 5.74) is 0.716. The number of para-hydroxylation sites is 1. The van der Waals surface area contributed by atoms with E-state index in [-0.39, 0.29) is 11.5 Å². The lowest BCUT2D eigenvalue weighted by atomic mass is 10.2. The molecule has 0 radical (unpaired) electrons. The van der Waals surface area contributed by atoms with E-state index in [9.17, 15) is 9.90 Å². The van der Waals surface area contributed by atoms with Gasteiger partial charge in [-0.3, -0.25) is 0 Å². The van der Waals surface area contributed by atoms with Crippen LogP contribution in [-0.4, -0.2) is 25.3 Å². The maximum atomic E-state index is 11.4. The third-order valence-electron chi connectivity index (χ3n) is 2.90. The second-order valence-electron chi connectivity index (χ2n) is 4.32. The van der Waals surface area contributed by atoms with Crippen molar-refractivity contribution in [2.45, 2.75) is 0 Å². The molecular formula is C17H16O5. The first kappa shape index (κ1) is 15.4. The molecule has 5 nitrogen and oxygen atoms in total. The predicted molar refractivity (Wildman–Crippen MR) is 82.2 cm³/mol. The minimum absolute atomic E-state index is 0.220. The van der Waals surface area contributed by atoms with Gasteiger partial charge in [-0.05, 0) is 23.8 Å². The van der Waals surface area contributed by atoms with Crippen LogP contribution in [0.5, 0.6) is 17.2 Å². The van der Waals surface area contributed by atoms with E-state index in [0.717, 1.165) is 0 Å². The zero-order chi connectivity index (χ0) is 15.9. The van der Waals surface area contributed by atoms with Crippen molar-refractivity contribution >= 4 is 12.0 Å². The van der Waals surface area contributed by atoms with E-state index < -0.39 is 5.97 Å². The number of rotatable bonds is 6.